The van der Waals surface area contributed by atoms with Crippen LogP contribution in [0.1, 0.15) is 50.6 Å². The summed E-state index contributed by atoms with van der Waals surface area (Å²) in [6, 6.07) is 11.1. The Morgan fingerprint density at radius 1 is 1.20 bits per heavy atom. The molecule has 0 aromatic heterocycles. The highest BCUT2D eigenvalue weighted by atomic mass is 32.2. The number of hydrogen-bond acceptors (Lipinski definition) is 2. The molecule has 3 heteroatoms. The van der Waals surface area contributed by atoms with Crippen molar-refractivity contribution < 1.29 is 0 Å². The van der Waals surface area contributed by atoms with Crippen molar-refractivity contribution in [3.63, 3.8) is 0 Å². The maximum Gasteiger partial charge on any atom is 0.157 e. The SMILES string of the molecule is CC1(CN=C2NC(c3ccccc3)CS2)CCCCC1. The molecule has 2 fully saturated rings. The number of amidine groups is 1. The fraction of sp³-hybridized carbons (Fsp3) is 0.588. The Morgan fingerprint density at radius 2 is 1.95 bits per heavy atom. The fourth-order valence-electron chi connectivity index (χ4n) is 3.18. The normalized spacial score (nSPS) is 27.4. The van der Waals surface area contributed by atoms with E-state index in [1.807, 2.05) is 11.8 Å². The van der Waals surface area contributed by atoms with Crippen molar-refractivity contribution in [2.24, 2.45) is 10.4 Å². The molecule has 1 aliphatic carbocycles. The van der Waals surface area contributed by atoms with Gasteiger partial charge in [-0.2, -0.15) is 0 Å². The molecular formula is C17H24N2S. The zero-order valence-corrected chi connectivity index (χ0v) is 13.1. The highest BCUT2D eigenvalue weighted by Crippen LogP contribution is 2.36. The van der Waals surface area contributed by atoms with Crippen molar-refractivity contribution >= 4 is 16.9 Å². The molecule has 1 atom stereocenters. The summed E-state index contributed by atoms with van der Waals surface area (Å²) in [5.74, 6) is 1.10. The second kappa shape index (κ2) is 6.21. The summed E-state index contributed by atoms with van der Waals surface area (Å²) in [6.07, 6.45) is 6.87. The number of rotatable bonds is 3. The fourth-order valence-corrected chi connectivity index (χ4v) is 4.16. The predicted molar refractivity (Wildman–Crippen MR) is 88.3 cm³/mol. The predicted octanol–water partition coefficient (Wildman–Crippen LogP) is 4.39. The maximum absolute atomic E-state index is 4.86. The minimum Gasteiger partial charge on any atom is -0.357 e. The van der Waals surface area contributed by atoms with Crippen LogP contribution in [0, 0.1) is 5.41 Å². The average Bonchev–Trinajstić information content (AvgIpc) is 2.96. The van der Waals surface area contributed by atoms with Gasteiger partial charge in [0.15, 0.2) is 5.17 Å². The van der Waals surface area contributed by atoms with Gasteiger partial charge in [0.05, 0.1) is 6.04 Å². The average molecular weight is 288 g/mol. The summed E-state index contributed by atoms with van der Waals surface area (Å²) in [6.45, 7) is 3.40. The summed E-state index contributed by atoms with van der Waals surface area (Å²) < 4.78 is 0. The highest BCUT2D eigenvalue weighted by Gasteiger charge is 2.28. The van der Waals surface area contributed by atoms with E-state index in [0.29, 0.717) is 11.5 Å². The molecule has 0 amide bonds. The van der Waals surface area contributed by atoms with Gasteiger partial charge in [0.1, 0.15) is 0 Å². The zero-order chi connectivity index (χ0) is 13.8. The third-order valence-corrected chi connectivity index (χ3v) is 5.57. The van der Waals surface area contributed by atoms with Crippen molar-refractivity contribution in [3.8, 4) is 0 Å². The lowest BCUT2D eigenvalue weighted by Crippen LogP contribution is -2.26. The minimum atomic E-state index is 0.430. The first-order chi connectivity index (χ1) is 9.75. The van der Waals surface area contributed by atoms with E-state index in [-0.39, 0.29) is 0 Å². The first-order valence-electron chi connectivity index (χ1n) is 7.74. The molecule has 0 radical (unpaired) electrons. The van der Waals surface area contributed by atoms with E-state index in [2.05, 4.69) is 42.6 Å². The molecule has 20 heavy (non-hydrogen) atoms. The number of nitrogens with zero attached hydrogens (tertiary/aromatic N) is 1. The van der Waals surface area contributed by atoms with Gasteiger partial charge in [-0.25, -0.2) is 0 Å². The molecule has 1 aliphatic heterocycles. The Kier molecular flexibility index (Phi) is 4.35. The van der Waals surface area contributed by atoms with Crippen molar-refractivity contribution in [1.29, 1.82) is 0 Å². The van der Waals surface area contributed by atoms with E-state index in [4.69, 9.17) is 4.99 Å². The highest BCUT2D eigenvalue weighted by molar-refractivity contribution is 8.14. The molecule has 1 heterocycles. The molecule has 1 saturated heterocycles. The lowest BCUT2D eigenvalue weighted by molar-refractivity contribution is 0.227. The lowest BCUT2D eigenvalue weighted by Gasteiger charge is -2.31. The standard InChI is InChI=1S/C17H24N2S/c1-17(10-6-3-7-11-17)13-18-16-19-15(12-20-16)14-8-4-2-5-9-14/h2,4-5,8-9,15H,3,6-7,10-13H2,1H3,(H,18,19). The van der Waals surface area contributed by atoms with E-state index in [1.54, 1.807) is 0 Å². The molecule has 2 nitrogen and oxygen atoms in total. The van der Waals surface area contributed by atoms with Crippen LogP contribution in [0.5, 0.6) is 0 Å². The monoisotopic (exact) mass is 288 g/mol. The van der Waals surface area contributed by atoms with Gasteiger partial charge in [-0.05, 0) is 23.8 Å². The molecule has 3 rings (SSSR count). The molecule has 1 unspecified atom stereocenters. The number of benzene rings is 1. The minimum absolute atomic E-state index is 0.430. The smallest absolute Gasteiger partial charge is 0.157 e. The Hall–Kier alpha value is -0.960. The zero-order valence-electron chi connectivity index (χ0n) is 12.3. The molecule has 108 valence electrons. The number of nitrogens with one attached hydrogen (secondary N) is 1. The lowest BCUT2D eigenvalue weighted by atomic mass is 9.76. The van der Waals surface area contributed by atoms with Crippen LogP contribution in [0.3, 0.4) is 0 Å². The van der Waals surface area contributed by atoms with E-state index in [9.17, 15) is 0 Å². The van der Waals surface area contributed by atoms with Crippen LogP contribution in [0.2, 0.25) is 0 Å². The van der Waals surface area contributed by atoms with Crippen LogP contribution in [0.15, 0.2) is 35.3 Å². The first kappa shape index (κ1) is 14.0. The van der Waals surface area contributed by atoms with Crippen molar-refractivity contribution in [1.82, 2.24) is 5.32 Å². The summed E-state index contributed by atoms with van der Waals surface area (Å²) >= 11 is 1.87. The summed E-state index contributed by atoms with van der Waals surface area (Å²) in [5, 5.41) is 4.72. The van der Waals surface area contributed by atoms with Gasteiger partial charge in [0.2, 0.25) is 0 Å². The van der Waals surface area contributed by atoms with Crippen LogP contribution in [0.4, 0.5) is 0 Å². The molecule has 0 bridgehead atoms. The van der Waals surface area contributed by atoms with Crippen molar-refractivity contribution in [2.45, 2.75) is 45.1 Å². The molecule has 1 saturated carbocycles. The van der Waals surface area contributed by atoms with Gasteiger partial charge in [-0.15, -0.1) is 0 Å². The molecule has 0 spiro atoms. The van der Waals surface area contributed by atoms with Crippen LogP contribution < -0.4 is 5.32 Å². The largest absolute Gasteiger partial charge is 0.357 e. The molecule has 1 N–H and O–H groups in total. The van der Waals surface area contributed by atoms with E-state index in [0.717, 1.165) is 17.5 Å². The van der Waals surface area contributed by atoms with Gasteiger partial charge in [0.25, 0.3) is 0 Å². The number of thioether (sulfide) groups is 1. The van der Waals surface area contributed by atoms with Crippen LogP contribution >= 0.6 is 11.8 Å². The Balaban J connectivity index is 1.58. The topological polar surface area (TPSA) is 24.4 Å². The summed E-state index contributed by atoms with van der Waals surface area (Å²) in [5.41, 5.74) is 1.81. The quantitative estimate of drug-likeness (QED) is 0.892. The number of aliphatic imine (C=N–C) groups is 1. The Labute approximate surface area is 126 Å². The molecule has 1 aromatic rings. The third kappa shape index (κ3) is 3.38. The van der Waals surface area contributed by atoms with E-state index >= 15 is 0 Å². The Morgan fingerprint density at radius 3 is 2.70 bits per heavy atom. The van der Waals surface area contributed by atoms with Gasteiger partial charge in [0, 0.05) is 12.3 Å². The van der Waals surface area contributed by atoms with E-state index < -0.39 is 0 Å². The maximum atomic E-state index is 4.86. The van der Waals surface area contributed by atoms with Crippen LogP contribution in [-0.4, -0.2) is 17.5 Å². The Bertz CT molecular complexity index is 463. The molecule has 1 aromatic carbocycles. The van der Waals surface area contributed by atoms with Crippen LogP contribution in [-0.2, 0) is 0 Å². The second-order valence-electron chi connectivity index (χ2n) is 6.41. The molecular weight excluding hydrogens is 264 g/mol. The van der Waals surface area contributed by atoms with Gasteiger partial charge in [-0.1, -0.05) is 68.3 Å². The number of hydrogen-bond donors (Lipinski definition) is 1. The summed E-state index contributed by atoms with van der Waals surface area (Å²) in [7, 11) is 0. The van der Waals surface area contributed by atoms with Gasteiger partial charge < -0.3 is 5.32 Å². The van der Waals surface area contributed by atoms with Gasteiger partial charge >= 0.3 is 0 Å². The second-order valence-corrected chi connectivity index (χ2v) is 7.42. The summed E-state index contributed by atoms with van der Waals surface area (Å²) in [4.78, 5) is 4.86. The van der Waals surface area contributed by atoms with E-state index in [1.165, 1.54) is 37.7 Å². The first-order valence-corrected chi connectivity index (χ1v) is 8.73. The van der Waals surface area contributed by atoms with Crippen molar-refractivity contribution in [3.05, 3.63) is 35.9 Å². The van der Waals surface area contributed by atoms with Gasteiger partial charge in [-0.3, -0.25) is 4.99 Å². The van der Waals surface area contributed by atoms with Crippen molar-refractivity contribution in [2.75, 3.05) is 12.3 Å². The molecule has 2 aliphatic rings. The van der Waals surface area contributed by atoms with Crippen LogP contribution in [0.25, 0.3) is 0 Å². The third-order valence-electron chi connectivity index (χ3n) is 4.55.